The fraction of sp³-hybridized carbons (Fsp3) is 0.360. The summed E-state index contributed by atoms with van der Waals surface area (Å²) in [6.07, 6.45) is 0.812. The van der Waals surface area contributed by atoms with Gasteiger partial charge < -0.3 is 38.9 Å². The van der Waals surface area contributed by atoms with E-state index < -0.39 is 0 Å². The van der Waals surface area contributed by atoms with Crippen LogP contribution in [0.4, 0.5) is 0 Å². The molecule has 1 aliphatic heterocycles. The van der Waals surface area contributed by atoms with Crippen LogP contribution in [-0.4, -0.2) is 56.3 Å². The number of aromatic nitrogens is 1. The molecule has 0 atom stereocenters. The van der Waals surface area contributed by atoms with E-state index in [1.165, 1.54) is 0 Å². The van der Waals surface area contributed by atoms with Gasteiger partial charge in [-0.1, -0.05) is 6.07 Å². The highest BCUT2D eigenvalue weighted by Gasteiger charge is 2.18. The quantitative estimate of drug-likeness (QED) is 0.322. The number of nitrogens with zero attached hydrogens (tertiary/aromatic N) is 1. The van der Waals surface area contributed by atoms with Crippen LogP contribution in [0, 0.1) is 0 Å². The maximum atomic E-state index is 13.0. The van der Waals surface area contributed by atoms with Crippen LogP contribution in [0.5, 0.6) is 23.0 Å². The van der Waals surface area contributed by atoms with Crippen LogP contribution in [0.2, 0.25) is 0 Å². The van der Waals surface area contributed by atoms with E-state index in [0.29, 0.717) is 59.7 Å². The predicted molar refractivity (Wildman–Crippen MR) is 137 cm³/mol. The van der Waals surface area contributed by atoms with Crippen LogP contribution < -0.4 is 29.8 Å². The summed E-state index contributed by atoms with van der Waals surface area (Å²) < 4.78 is 26.8. The Morgan fingerprint density at radius 1 is 1.06 bits per heavy atom. The summed E-state index contributed by atoms with van der Waals surface area (Å²) in [7, 11) is 4.81. The van der Waals surface area contributed by atoms with E-state index >= 15 is 0 Å². The molecule has 0 bridgehead atoms. The third-order valence-electron chi connectivity index (χ3n) is 5.69. The van der Waals surface area contributed by atoms with Crippen LogP contribution in [0.3, 0.4) is 0 Å². The molecule has 1 aromatic heterocycles. The van der Waals surface area contributed by atoms with Gasteiger partial charge in [0.25, 0.3) is 5.56 Å². The minimum atomic E-state index is -0.192. The summed E-state index contributed by atoms with van der Waals surface area (Å²) in [4.78, 5) is 17.9. The molecule has 0 aliphatic carbocycles. The lowest BCUT2D eigenvalue weighted by molar-refractivity contribution is 0.174. The molecule has 35 heavy (non-hydrogen) atoms. The van der Waals surface area contributed by atoms with Gasteiger partial charge in [0.05, 0.1) is 26.3 Å². The molecule has 0 saturated heterocycles. The highest BCUT2D eigenvalue weighted by Crippen LogP contribution is 2.33. The van der Waals surface area contributed by atoms with Gasteiger partial charge in [-0.25, -0.2) is 0 Å². The van der Waals surface area contributed by atoms with E-state index in [4.69, 9.17) is 35.9 Å². The van der Waals surface area contributed by atoms with Gasteiger partial charge in [-0.15, -0.1) is 0 Å². The first-order valence-corrected chi connectivity index (χ1v) is 11.6. The monoisotopic (exact) mass is 499 g/mol. The van der Waals surface area contributed by atoms with Crippen molar-refractivity contribution in [3.8, 4) is 23.0 Å². The number of hydrogen-bond donors (Lipinski definition) is 2. The van der Waals surface area contributed by atoms with Crippen LogP contribution in [-0.2, 0) is 17.8 Å². The molecule has 4 rings (SSSR count). The molecule has 186 valence electrons. The van der Waals surface area contributed by atoms with Crippen molar-refractivity contribution in [3.05, 3.63) is 57.9 Å². The molecule has 0 spiro atoms. The number of ether oxygens (including phenoxy) is 5. The number of benzene rings is 2. The summed E-state index contributed by atoms with van der Waals surface area (Å²) in [6, 6.07) is 11.2. The molecule has 3 aromatic rings. The van der Waals surface area contributed by atoms with Crippen LogP contribution in [0.1, 0.15) is 17.5 Å². The van der Waals surface area contributed by atoms with Crippen molar-refractivity contribution in [1.29, 1.82) is 0 Å². The van der Waals surface area contributed by atoms with Crippen LogP contribution in [0.15, 0.2) is 41.2 Å². The number of hydrogen-bond acceptors (Lipinski definition) is 7. The average molecular weight is 500 g/mol. The molecule has 2 heterocycles. The van der Waals surface area contributed by atoms with Crippen LogP contribution >= 0.6 is 12.2 Å². The Morgan fingerprint density at radius 3 is 2.60 bits per heavy atom. The lowest BCUT2D eigenvalue weighted by atomic mass is 10.1. The van der Waals surface area contributed by atoms with Gasteiger partial charge in [-0.2, -0.15) is 0 Å². The third-order valence-corrected chi connectivity index (χ3v) is 6.09. The van der Waals surface area contributed by atoms with Gasteiger partial charge in [0, 0.05) is 43.8 Å². The Hall–Kier alpha value is -3.50. The molecule has 9 nitrogen and oxygen atoms in total. The van der Waals surface area contributed by atoms with E-state index in [1.807, 2.05) is 35.2 Å². The molecule has 1 aliphatic rings. The molecule has 0 saturated carbocycles. The Morgan fingerprint density at radius 2 is 1.83 bits per heavy atom. The SMILES string of the molecule is COCCCNC(=S)N(Cc1ccc2c(c1)OCO2)Cc1cc2cc(OC)c(OC)cc2[nH]c1=O. The van der Waals surface area contributed by atoms with Gasteiger partial charge in [0.1, 0.15) is 0 Å². The minimum Gasteiger partial charge on any atom is -0.493 e. The summed E-state index contributed by atoms with van der Waals surface area (Å²) >= 11 is 5.70. The van der Waals surface area contributed by atoms with Crippen molar-refractivity contribution in [2.75, 3.05) is 41.3 Å². The summed E-state index contributed by atoms with van der Waals surface area (Å²) in [5, 5.41) is 4.65. The Bertz CT molecular complexity index is 1260. The van der Waals surface area contributed by atoms with Crippen molar-refractivity contribution < 1.29 is 23.7 Å². The van der Waals surface area contributed by atoms with Gasteiger partial charge in [0.2, 0.25) is 6.79 Å². The average Bonchev–Trinajstić information content (AvgIpc) is 3.33. The van der Waals surface area contributed by atoms with Gasteiger partial charge >= 0.3 is 0 Å². The maximum Gasteiger partial charge on any atom is 0.253 e. The summed E-state index contributed by atoms with van der Waals surface area (Å²) in [5.41, 5.74) is 2.03. The highest BCUT2D eigenvalue weighted by molar-refractivity contribution is 7.80. The van der Waals surface area contributed by atoms with E-state index in [1.54, 1.807) is 27.4 Å². The zero-order valence-electron chi connectivity index (χ0n) is 20.0. The zero-order valence-corrected chi connectivity index (χ0v) is 20.8. The summed E-state index contributed by atoms with van der Waals surface area (Å²) in [5.74, 6) is 2.56. The lowest BCUT2D eigenvalue weighted by Gasteiger charge is -2.26. The van der Waals surface area contributed by atoms with Gasteiger partial charge in [-0.3, -0.25) is 4.79 Å². The number of thiocarbonyl (C=S) groups is 1. The molecule has 0 unspecified atom stereocenters. The van der Waals surface area contributed by atoms with Crippen LogP contribution in [0.25, 0.3) is 10.9 Å². The second kappa shape index (κ2) is 11.3. The third kappa shape index (κ3) is 5.77. The topological polar surface area (TPSA) is 94.3 Å². The van der Waals surface area contributed by atoms with E-state index in [2.05, 4.69) is 10.3 Å². The number of fused-ring (bicyclic) bond motifs is 2. The Kier molecular flexibility index (Phi) is 7.94. The van der Waals surface area contributed by atoms with Crippen molar-refractivity contribution in [3.63, 3.8) is 0 Å². The number of methoxy groups -OCH3 is 3. The fourth-order valence-corrected chi connectivity index (χ4v) is 4.12. The standard InChI is InChI=1S/C25H29N3O6S/c1-30-8-4-7-26-25(35)28(13-16-5-6-20-23(9-16)34-15-33-20)14-18-10-17-11-21(31-2)22(32-3)12-19(17)27-24(18)29/h5-6,9-12H,4,7-8,13-15H2,1-3H3,(H,26,35)(H,27,29). The lowest BCUT2D eigenvalue weighted by Crippen LogP contribution is -2.40. The van der Waals surface area contributed by atoms with E-state index in [9.17, 15) is 4.79 Å². The van der Waals surface area contributed by atoms with Crippen molar-refractivity contribution >= 4 is 28.2 Å². The number of rotatable bonds is 10. The summed E-state index contributed by atoms with van der Waals surface area (Å²) in [6.45, 7) is 2.30. The predicted octanol–water partition coefficient (Wildman–Crippen LogP) is 3.19. The zero-order chi connectivity index (χ0) is 24.8. The highest BCUT2D eigenvalue weighted by atomic mass is 32.1. The molecule has 2 N–H and O–H groups in total. The smallest absolute Gasteiger partial charge is 0.253 e. The van der Waals surface area contributed by atoms with Gasteiger partial charge in [-0.05, 0) is 48.5 Å². The van der Waals surface area contributed by atoms with E-state index in [-0.39, 0.29) is 12.4 Å². The second-order valence-corrected chi connectivity index (χ2v) is 8.43. The molecule has 0 radical (unpaired) electrons. The first-order chi connectivity index (χ1) is 17.0. The Labute approximate surface area is 208 Å². The molecular formula is C25H29N3O6S. The fourth-order valence-electron chi connectivity index (χ4n) is 3.88. The van der Waals surface area contributed by atoms with Crippen molar-refractivity contribution in [2.24, 2.45) is 0 Å². The molecule has 10 heteroatoms. The second-order valence-electron chi connectivity index (χ2n) is 8.04. The molecule has 2 aromatic carbocycles. The number of aromatic amines is 1. The number of pyridine rings is 1. The van der Waals surface area contributed by atoms with Gasteiger partial charge in [0.15, 0.2) is 28.1 Å². The maximum absolute atomic E-state index is 13.0. The van der Waals surface area contributed by atoms with E-state index in [0.717, 1.165) is 23.1 Å². The minimum absolute atomic E-state index is 0.192. The van der Waals surface area contributed by atoms with Crippen molar-refractivity contribution in [1.82, 2.24) is 15.2 Å². The first kappa shape index (κ1) is 24.6. The Balaban J connectivity index is 1.61. The molecule has 0 amide bonds. The largest absolute Gasteiger partial charge is 0.493 e. The first-order valence-electron chi connectivity index (χ1n) is 11.2. The molecule has 0 fully saturated rings. The number of nitrogens with one attached hydrogen (secondary N) is 2. The normalized spacial score (nSPS) is 12.0. The van der Waals surface area contributed by atoms with Crippen molar-refractivity contribution in [2.45, 2.75) is 19.5 Å². The number of H-pyrrole nitrogens is 1. The molecular weight excluding hydrogens is 470 g/mol.